The standard InChI is InChI=1S/C19H15FN2O2S/c20-14-7-12(9-23)15(11-3-1-10(8-21)2-4-11)16-13-5-6-25-18(13)19(24)22-17(14)16/h1-7,23H,8-9,21H2,(H,22,24). The molecule has 6 heteroatoms. The number of aromatic amines is 1. The molecule has 4 N–H and O–H groups in total. The summed E-state index contributed by atoms with van der Waals surface area (Å²) >= 11 is 1.31. The number of H-pyrrole nitrogens is 1. The van der Waals surface area contributed by atoms with Gasteiger partial charge in [0.2, 0.25) is 0 Å². The van der Waals surface area contributed by atoms with Crippen molar-refractivity contribution in [2.24, 2.45) is 5.73 Å². The summed E-state index contributed by atoms with van der Waals surface area (Å²) in [4.78, 5) is 14.9. The van der Waals surface area contributed by atoms with E-state index in [9.17, 15) is 14.3 Å². The van der Waals surface area contributed by atoms with Crippen LogP contribution in [-0.4, -0.2) is 10.1 Å². The molecule has 0 atom stereocenters. The number of pyridine rings is 1. The van der Waals surface area contributed by atoms with E-state index in [1.54, 1.807) is 0 Å². The summed E-state index contributed by atoms with van der Waals surface area (Å²) < 4.78 is 15.1. The van der Waals surface area contributed by atoms with Crippen molar-refractivity contribution in [2.45, 2.75) is 13.2 Å². The van der Waals surface area contributed by atoms with E-state index in [2.05, 4.69) is 4.98 Å². The van der Waals surface area contributed by atoms with Crippen LogP contribution in [-0.2, 0) is 13.2 Å². The van der Waals surface area contributed by atoms with Crippen LogP contribution >= 0.6 is 11.3 Å². The lowest BCUT2D eigenvalue weighted by molar-refractivity contribution is 0.282. The Bertz CT molecular complexity index is 1150. The van der Waals surface area contributed by atoms with E-state index >= 15 is 0 Å². The van der Waals surface area contributed by atoms with Gasteiger partial charge in [0.15, 0.2) is 0 Å². The third kappa shape index (κ3) is 2.46. The number of fused-ring (bicyclic) bond motifs is 3. The summed E-state index contributed by atoms with van der Waals surface area (Å²) in [6, 6.07) is 10.7. The average Bonchev–Trinajstić information content (AvgIpc) is 3.13. The van der Waals surface area contributed by atoms with Crippen LogP contribution in [0.15, 0.2) is 46.6 Å². The van der Waals surface area contributed by atoms with Gasteiger partial charge in [-0.25, -0.2) is 4.39 Å². The Kier molecular flexibility index (Phi) is 3.88. The maximum absolute atomic E-state index is 14.6. The molecule has 0 saturated carbocycles. The summed E-state index contributed by atoms with van der Waals surface area (Å²) in [7, 11) is 0. The molecule has 126 valence electrons. The summed E-state index contributed by atoms with van der Waals surface area (Å²) in [6.07, 6.45) is 0. The highest BCUT2D eigenvalue weighted by atomic mass is 32.1. The molecule has 0 aliphatic heterocycles. The lowest BCUT2D eigenvalue weighted by Crippen LogP contribution is -2.07. The lowest BCUT2D eigenvalue weighted by Gasteiger charge is -2.14. The van der Waals surface area contributed by atoms with Gasteiger partial charge in [0.25, 0.3) is 5.56 Å². The van der Waals surface area contributed by atoms with Crippen molar-refractivity contribution < 1.29 is 9.50 Å². The molecule has 0 saturated heterocycles. The highest BCUT2D eigenvalue weighted by molar-refractivity contribution is 7.17. The number of hydrogen-bond donors (Lipinski definition) is 3. The van der Waals surface area contributed by atoms with Crippen LogP contribution in [0.5, 0.6) is 0 Å². The Hall–Kier alpha value is -2.54. The molecular weight excluding hydrogens is 339 g/mol. The number of nitrogens with two attached hydrogens (primary N) is 1. The Labute approximate surface area is 146 Å². The molecule has 0 spiro atoms. The maximum atomic E-state index is 14.6. The molecule has 2 heterocycles. The summed E-state index contributed by atoms with van der Waals surface area (Å²) in [5.74, 6) is -0.549. The Morgan fingerprint density at radius 1 is 1.20 bits per heavy atom. The molecule has 0 bridgehead atoms. The molecule has 0 unspecified atom stereocenters. The third-order valence-electron chi connectivity index (χ3n) is 4.39. The van der Waals surface area contributed by atoms with Gasteiger partial charge in [0.1, 0.15) is 10.5 Å². The van der Waals surface area contributed by atoms with Gasteiger partial charge in [0.05, 0.1) is 12.1 Å². The van der Waals surface area contributed by atoms with E-state index in [0.717, 1.165) is 16.7 Å². The van der Waals surface area contributed by atoms with Gasteiger partial charge < -0.3 is 15.8 Å². The number of aliphatic hydroxyl groups excluding tert-OH is 1. The molecular formula is C19H15FN2O2S. The van der Waals surface area contributed by atoms with Crippen LogP contribution < -0.4 is 11.3 Å². The van der Waals surface area contributed by atoms with Crippen LogP contribution in [0.3, 0.4) is 0 Å². The fraction of sp³-hybridized carbons (Fsp3) is 0.105. The summed E-state index contributed by atoms with van der Waals surface area (Å²) in [6.45, 7) is 0.130. The molecule has 0 radical (unpaired) electrons. The Balaban J connectivity index is 2.19. The number of nitrogens with one attached hydrogen (secondary N) is 1. The number of benzene rings is 2. The van der Waals surface area contributed by atoms with E-state index in [4.69, 9.17) is 5.73 Å². The fourth-order valence-electron chi connectivity index (χ4n) is 3.21. The molecule has 0 aliphatic carbocycles. The van der Waals surface area contributed by atoms with Crippen molar-refractivity contribution in [1.82, 2.24) is 4.98 Å². The fourth-order valence-corrected chi connectivity index (χ4v) is 4.00. The second kappa shape index (κ2) is 6.07. The zero-order valence-electron chi connectivity index (χ0n) is 13.2. The van der Waals surface area contributed by atoms with E-state index in [0.29, 0.717) is 27.6 Å². The average molecular weight is 354 g/mol. The number of hydrogen-bond acceptors (Lipinski definition) is 4. The minimum Gasteiger partial charge on any atom is -0.392 e. The van der Waals surface area contributed by atoms with Crippen LogP contribution in [0.4, 0.5) is 4.39 Å². The quantitative estimate of drug-likeness (QED) is 0.527. The molecule has 0 amide bonds. The second-order valence-electron chi connectivity index (χ2n) is 5.82. The van der Waals surface area contributed by atoms with Gasteiger partial charge in [0, 0.05) is 17.3 Å². The van der Waals surface area contributed by atoms with Gasteiger partial charge in [-0.3, -0.25) is 4.79 Å². The minimum absolute atomic E-state index is 0.158. The maximum Gasteiger partial charge on any atom is 0.266 e. The predicted octanol–water partition coefficient (Wildman–Crippen LogP) is 3.50. The van der Waals surface area contributed by atoms with E-state index in [1.807, 2.05) is 35.7 Å². The lowest BCUT2D eigenvalue weighted by atomic mass is 9.93. The van der Waals surface area contributed by atoms with Gasteiger partial charge >= 0.3 is 0 Å². The first-order valence-corrected chi connectivity index (χ1v) is 8.66. The van der Waals surface area contributed by atoms with Crippen molar-refractivity contribution in [3.63, 3.8) is 0 Å². The van der Waals surface area contributed by atoms with Crippen molar-refractivity contribution in [3.05, 3.63) is 69.1 Å². The molecule has 4 aromatic rings. The topological polar surface area (TPSA) is 79.1 Å². The van der Waals surface area contributed by atoms with Gasteiger partial charge in [-0.05, 0) is 39.8 Å². The van der Waals surface area contributed by atoms with Gasteiger partial charge in [-0.1, -0.05) is 24.3 Å². The van der Waals surface area contributed by atoms with Crippen molar-refractivity contribution in [1.29, 1.82) is 0 Å². The molecule has 2 aromatic carbocycles. The van der Waals surface area contributed by atoms with E-state index in [1.165, 1.54) is 17.4 Å². The number of aromatic nitrogens is 1. The zero-order chi connectivity index (χ0) is 17.6. The predicted molar refractivity (Wildman–Crippen MR) is 99.2 cm³/mol. The number of aliphatic hydroxyl groups is 1. The Morgan fingerprint density at radius 2 is 1.96 bits per heavy atom. The first-order chi connectivity index (χ1) is 12.1. The van der Waals surface area contributed by atoms with Crippen molar-refractivity contribution in [3.8, 4) is 11.1 Å². The van der Waals surface area contributed by atoms with Gasteiger partial charge in [-0.2, -0.15) is 0 Å². The summed E-state index contributed by atoms with van der Waals surface area (Å²) in [5, 5.41) is 12.9. The van der Waals surface area contributed by atoms with Crippen LogP contribution in [0.2, 0.25) is 0 Å². The SMILES string of the molecule is NCc1ccc(-c2c(CO)cc(F)c3[nH]c(=O)c4sccc4c23)cc1. The van der Waals surface area contributed by atoms with Crippen LogP contribution in [0, 0.1) is 5.82 Å². The normalized spacial score (nSPS) is 11.5. The number of thiophene rings is 1. The molecule has 4 rings (SSSR count). The van der Waals surface area contributed by atoms with Crippen LogP contribution in [0.1, 0.15) is 11.1 Å². The molecule has 25 heavy (non-hydrogen) atoms. The second-order valence-corrected chi connectivity index (χ2v) is 6.74. The highest BCUT2D eigenvalue weighted by Crippen LogP contribution is 2.37. The monoisotopic (exact) mass is 354 g/mol. The van der Waals surface area contributed by atoms with E-state index in [-0.39, 0.29) is 17.7 Å². The first kappa shape index (κ1) is 16.0. The molecule has 0 aliphatic rings. The number of halogens is 1. The largest absolute Gasteiger partial charge is 0.392 e. The minimum atomic E-state index is -0.549. The zero-order valence-corrected chi connectivity index (χ0v) is 14.0. The third-order valence-corrected chi connectivity index (χ3v) is 5.30. The van der Waals surface area contributed by atoms with Crippen molar-refractivity contribution >= 4 is 32.3 Å². The van der Waals surface area contributed by atoms with Crippen LogP contribution in [0.25, 0.3) is 32.1 Å². The van der Waals surface area contributed by atoms with Gasteiger partial charge in [-0.15, -0.1) is 11.3 Å². The Morgan fingerprint density at radius 3 is 2.64 bits per heavy atom. The number of rotatable bonds is 3. The first-order valence-electron chi connectivity index (χ1n) is 7.79. The van der Waals surface area contributed by atoms with E-state index < -0.39 is 5.82 Å². The van der Waals surface area contributed by atoms with Crippen molar-refractivity contribution in [2.75, 3.05) is 0 Å². The molecule has 4 nitrogen and oxygen atoms in total. The molecule has 2 aromatic heterocycles. The molecule has 0 fully saturated rings. The highest BCUT2D eigenvalue weighted by Gasteiger charge is 2.18. The smallest absolute Gasteiger partial charge is 0.266 e. The summed E-state index contributed by atoms with van der Waals surface area (Å²) in [5.41, 5.74) is 8.53.